The van der Waals surface area contributed by atoms with Crippen molar-refractivity contribution in [3.63, 3.8) is 0 Å². The van der Waals surface area contributed by atoms with Crippen LogP contribution in [0, 0.1) is 11.3 Å². The van der Waals surface area contributed by atoms with Gasteiger partial charge in [-0.2, -0.15) is 0 Å². The molecule has 0 aromatic heterocycles. The van der Waals surface area contributed by atoms with E-state index in [4.69, 9.17) is 32.7 Å². The average molecular weight is 427 g/mol. The number of ether oxygens (including phenoxy) is 2. The Morgan fingerprint density at radius 3 is 2.57 bits per heavy atom. The van der Waals surface area contributed by atoms with Crippen molar-refractivity contribution in [1.29, 1.82) is 0 Å². The second-order valence-electron chi connectivity index (χ2n) is 7.77. The molecular formula is C21H24Cl2O5. The van der Waals surface area contributed by atoms with E-state index in [2.05, 4.69) is 0 Å². The zero-order valence-corrected chi connectivity index (χ0v) is 17.6. The number of ketones is 2. The number of halogens is 2. The summed E-state index contributed by atoms with van der Waals surface area (Å²) in [7, 11) is 0. The van der Waals surface area contributed by atoms with Crippen LogP contribution >= 0.6 is 23.2 Å². The van der Waals surface area contributed by atoms with Gasteiger partial charge >= 0.3 is 5.97 Å². The Kier molecular flexibility index (Phi) is 6.35. The van der Waals surface area contributed by atoms with E-state index in [0.29, 0.717) is 30.7 Å². The summed E-state index contributed by atoms with van der Waals surface area (Å²) >= 11 is 12.8. The van der Waals surface area contributed by atoms with E-state index < -0.39 is 11.4 Å². The van der Waals surface area contributed by atoms with Crippen molar-refractivity contribution in [2.45, 2.75) is 52.4 Å². The maximum Gasteiger partial charge on any atom is 0.344 e. The minimum absolute atomic E-state index is 0.0282. The molecule has 1 fully saturated rings. The Bertz CT molecular complexity index is 816. The summed E-state index contributed by atoms with van der Waals surface area (Å²) in [6.45, 7) is 3.23. The molecule has 7 heteroatoms. The summed E-state index contributed by atoms with van der Waals surface area (Å²) in [5.74, 6) is 0.330. The Labute approximate surface area is 174 Å². The number of carbonyl (C=O) groups is 3. The molecule has 28 heavy (non-hydrogen) atoms. The van der Waals surface area contributed by atoms with Crippen LogP contribution < -0.4 is 4.74 Å². The highest BCUT2D eigenvalue weighted by molar-refractivity contribution is 6.45. The first-order valence-corrected chi connectivity index (χ1v) is 10.4. The molecule has 0 spiro atoms. The summed E-state index contributed by atoms with van der Waals surface area (Å²) in [6.07, 6.45) is 4.39. The molecule has 2 aliphatic carbocycles. The van der Waals surface area contributed by atoms with E-state index >= 15 is 0 Å². The number of Topliss-reactive ketones (excluding diaryl/α,β-unsaturated/α-hetero) is 2. The first kappa shape index (κ1) is 21.1. The molecule has 2 aliphatic rings. The van der Waals surface area contributed by atoms with Gasteiger partial charge in [0, 0.05) is 17.4 Å². The zero-order valence-electron chi connectivity index (χ0n) is 16.1. The third-order valence-corrected chi connectivity index (χ3v) is 6.33. The molecule has 1 unspecified atom stereocenters. The maximum atomic E-state index is 13.4. The lowest BCUT2D eigenvalue weighted by Crippen LogP contribution is -2.29. The zero-order chi connectivity index (χ0) is 20.5. The predicted molar refractivity (Wildman–Crippen MR) is 106 cm³/mol. The highest BCUT2D eigenvalue weighted by atomic mass is 35.5. The second-order valence-corrected chi connectivity index (χ2v) is 8.52. The third kappa shape index (κ3) is 4.36. The summed E-state index contributed by atoms with van der Waals surface area (Å²) in [5, 5.41) is 0.273. The van der Waals surface area contributed by atoms with Gasteiger partial charge < -0.3 is 14.3 Å². The SMILES string of the molecule is CCOC(=O)COc1cc2c(c(Cl)c1Cl)C(=O)C(CCC(C)=O)(CC1CC1)C2. The van der Waals surface area contributed by atoms with Crippen LogP contribution in [0.1, 0.15) is 61.9 Å². The molecule has 0 N–H and O–H groups in total. The normalized spacial score (nSPS) is 20.8. The van der Waals surface area contributed by atoms with Crippen molar-refractivity contribution in [3.05, 3.63) is 27.2 Å². The van der Waals surface area contributed by atoms with Gasteiger partial charge in [-0.05, 0) is 50.7 Å². The number of benzene rings is 1. The average Bonchev–Trinajstić information content (AvgIpc) is 3.40. The van der Waals surface area contributed by atoms with Gasteiger partial charge in [0.2, 0.25) is 0 Å². The molecule has 0 aliphatic heterocycles. The van der Waals surface area contributed by atoms with E-state index in [1.807, 2.05) is 0 Å². The number of rotatable bonds is 9. The quantitative estimate of drug-likeness (QED) is 0.528. The van der Waals surface area contributed by atoms with Gasteiger partial charge in [0.05, 0.1) is 11.6 Å². The molecule has 3 rings (SSSR count). The van der Waals surface area contributed by atoms with E-state index in [9.17, 15) is 14.4 Å². The van der Waals surface area contributed by atoms with Crippen LogP contribution in [-0.2, 0) is 20.7 Å². The molecule has 5 nitrogen and oxygen atoms in total. The minimum Gasteiger partial charge on any atom is -0.480 e. The molecule has 0 radical (unpaired) electrons. The van der Waals surface area contributed by atoms with Gasteiger partial charge in [-0.25, -0.2) is 4.79 Å². The fourth-order valence-electron chi connectivity index (χ4n) is 3.95. The predicted octanol–water partition coefficient (Wildman–Crippen LogP) is 4.83. The molecule has 1 atom stereocenters. The molecular weight excluding hydrogens is 403 g/mol. The standard InChI is InChI=1S/C21H24Cl2O5/c1-3-27-16(25)11-28-15-8-14-10-21(7-6-12(2)24,9-13-4-5-13)20(26)17(14)19(23)18(15)22/h8,13H,3-7,9-11H2,1-2H3. The fourth-order valence-corrected chi connectivity index (χ4v) is 4.45. The van der Waals surface area contributed by atoms with Crippen LogP contribution in [-0.4, -0.2) is 30.7 Å². The van der Waals surface area contributed by atoms with Gasteiger partial charge in [0.15, 0.2) is 12.4 Å². The smallest absolute Gasteiger partial charge is 0.344 e. The Morgan fingerprint density at radius 2 is 1.96 bits per heavy atom. The lowest BCUT2D eigenvalue weighted by atomic mass is 9.74. The highest BCUT2D eigenvalue weighted by Gasteiger charge is 2.49. The van der Waals surface area contributed by atoms with Crippen LogP contribution in [0.15, 0.2) is 6.07 Å². The lowest BCUT2D eigenvalue weighted by molar-refractivity contribution is -0.145. The monoisotopic (exact) mass is 426 g/mol. The molecule has 1 aromatic rings. The van der Waals surface area contributed by atoms with Gasteiger partial charge in [-0.3, -0.25) is 4.79 Å². The van der Waals surface area contributed by atoms with Crippen LogP contribution in [0.2, 0.25) is 10.0 Å². The van der Waals surface area contributed by atoms with Gasteiger partial charge in [0.25, 0.3) is 0 Å². The third-order valence-electron chi connectivity index (χ3n) is 5.48. The molecule has 1 saturated carbocycles. The number of hydrogen-bond donors (Lipinski definition) is 0. The first-order valence-electron chi connectivity index (χ1n) is 9.61. The maximum absolute atomic E-state index is 13.4. The molecule has 0 bridgehead atoms. The van der Waals surface area contributed by atoms with Crippen molar-refractivity contribution >= 4 is 40.7 Å². The largest absolute Gasteiger partial charge is 0.480 e. The Morgan fingerprint density at radius 1 is 1.25 bits per heavy atom. The molecule has 1 aromatic carbocycles. The van der Waals surface area contributed by atoms with Crippen molar-refractivity contribution < 1.29 is 23.9 Å². The summed E-state index contributed by atoms with van der Waals surface area (Å²) < 4.78 is 10.4. The lowest BCUT2D eigenvalue weighted by Gasteiger charge is -2.27. The highest BCUT2D eigenvalue weighted by Crippen LogP contribution is 2.53. The first-order chi connectivity index (χ1) is 13.3. The van der Waals surface area contributed by atoms with Gasteiger partial charge in [-0.1, -0.05) is 36.0 Å². The fraction of sp³-hybridized carbons (Fsp3) is 0.571. The van der Waals surface area contributed by atoms with Crippen molar-refractivity contribution in [2.24, 2.45) is 11.3 Å². The molecule has 0 heterocycles. The Balaban J connectivity index is 1.88. The van der Waals surface area contributed by atoms with Crippen molar-refractivity contribution in [3.8, 4) is 5.75 Å². The van der Waals surface area contributed by atoms with Gasteiger partial charge in [0.1, 0.15) is 16.6 Å². The number of hydrogen-bond acceptors (Lipinski definition) is 5. The minimum atomic E-state index is -0.609. The van der Waals surface area contributed by atoms with Crippen LogP contribution in [0.25, 0.3) is 0 Å². The van der Waals surface area contributed by atoms with Crippen molar-refractivity contribution in [1.82, 2.24) is 0 Å². The van der Waals surface area contributed by atoms with E-state index in [-0.39, 0.29) is 40.6 Å². The molecule has 152 valence electrons. The molecule has 0 amide bonds. The Hall–Kier alpha value is -1.59. The summed E-state index contributed by atoms with van der Waals surface area (Å²) in [5.41, 5.74) is 0.587. The second kappa shape index (κ2) is 8.42. The number of carbonyl (C=O) groups excluding carboxylic acids is 3. The van der Waals surface area contributed by atoms with Crippen molar-refractivity contribution in [2.75, 3.05) is 13.2 Å². The van der Waals surface area contributed by atoms with Gasteiger partial charge in [-0.15, -0.1) is 0 Å². The topological polar surface area (TPSA) is 69.7 Å². The van der Waals surface area contributed by atoms with E-state index in [0.717, 1.165) is 24.8 Å². The number of esters is 1. The molecule has 0 saturated heterocycles. The van der Waals surface area contributed by atoms with Crippen LogP contribution in [0.3, 0.4) is 0 Å². The van der Waals surface area contributed by atoms with E-state index in [1.54, 1.807) is 19.9 Å². The van der Waals surface area contributed by atoms with Crippen LogP contribution in [0.4, 0.5) is 0 Å². The summed E-state index contributed by atoms with van der Waals surface area (Å²) in [6, 6.07) is 1.70. The summed E-state index contributed by atoms with van der Waals surface area (Å²) in [4.78, 5) is 36.5. The van der Waals surface area contributed by atoms with Crippen LogP contribution in [0.5, 0.6) is 5.75 Å². The number of fused-ring (bicyclic) bond motifs is 1. The van der Waals surface area contributed by atoms with E-state index in [1.165, 1.54) is 0 Å².